The molecule has 0 bridgehead atoms. The molecule has 1 aromatic heterocycles. The highest BCUT2D eigenvalue weighted by Crippen LogP contribution is 1.76. The topological polar surface area (TPSA) is 30.7 Å². The van der Waals surface area contributed by atoms with Gasteiger partial charge in [0.05, 0.1) is 0 Å². The van der Waals surface area contributed by atoms with E-state index in [4.69, 9.17) is 11.8 Å². The SMILES string of the molecule is Cln1cn[c]n1. The quantitative estimate of drug-likeness (QED) is 0.465. The van der Waals surface area contributed by atoms with Gasteiger partial charge in [0.25, 0.3) is 0 Å². The zero-order valence-corrected chi connectivity index (χ0v) is 3.55. The van der Waals surface area contributed by atoms with Gasteiger partial charge in [0.1, 0.15) is 6.33 Å². The lowest BCUT2D eigenvalue weighted by Gasteiger charge is -1.68. The molecule has 0 unspecified atom stereocenters. The standard InChI is InChI=1S/C2HClN3/c3-6-2-4-1-5-6/h2H. The Morgan fingerprint density at radius 3 is 2.83 bits per heavy atom. The van der Waals surface area contributed by atoms with E-state index < -0.39 is 0 Å². The van der Waals surface area contributed by atoms with E-state index >= 15 is 0 Å². The molecule has 1 radical (unpaired) electrons. The van der Waals surface area contributed by atoms with Gasteiger partial charge in [0.15, 0.2) is 0 Å². The van der Waals surface area contributed by atoms with Crippen molar-refractivity contribution in [3.05, 3.63) is 12.7 Å². The summed E-state index contributed by atoms with van der Waals surface area (Å²) in [5, 5.41) is 3.36. The van der Waals surface area contributed by atoms with Crippen LogP contribution in [-0.2, 0) is 0 Å². The van der Waals surface area contributed by atoms with Crippen LogP contribution in [-0.4, -0.2) is 14.3 Å². The molecule has 1 rings (SSSR count). The summed E-state index contributed by atoms with van der Waals surface area (Å²) >= 11 is 5.17. The lowest BCUT2D eigenvalue weighted by molar-refractivity contribution is 0.988. The third-order valence-corrected chi connectivity index (χ3v) is 0.514. The summed E-state index contributed by atoms with van der Waals surface area (Å²) < 4.78 is 1.06. The van der Waals surface area contributed by atoms with E-state index in [0.29, 0.717) is 0 Å². The van der Waals surface area contributed by atoms with Gasteiger partial charge in [-0.2, -0.15) is 4.20 Å². The number of hydrogen-bond donors (Lipinski definition) is 0. The highest BCUT2D eigenvalue weighted by Gasteiger charge is 1.75. The Morgan fingerprint density at radius 1 is 1.83 bits per heavy atom. The van der Waals surface area contributed by atoms with Crippen molar-refractivity contribution in [2.24, 2.45) is 0 Å². The van der Waals surface area contributed by atoms with Crippen LogP contribution in [0.4, 0.5) is 0 Å². The predicted octanol–water partition coefficient (Wildman–Crippen LogP) is 0.0802. The molecule has 0 saturated carbocycles. The molecule has 1 aromatic rings. The maximum absolute atomic E-state index is 5.17. The molecule has 0 N–H and O–H groups in total. The Labute approximate surface area is 39.7 Å². The Kier molecular flexibility index (Phi) is 0.759. The van der Waals surface area contributed by atoms with Crippen molar-refractivity contribution >= 4 is 11.8 Å². The van der Waals surface area contributed by atoms with Crippen LogP contribution in [0.5, 0.6) is 0 Å². The first kappa shape index (κ1) is 3.61. The van der Waals surface area contributed by atoms with E-state index in [1.54, 1.807) is 0 Å². The Bertz CT molecular complexity index is 112. The molecule has 6 heavy (non-hydrogen) atoms. The molecule has 0 aliphatic heterocycles. The van der Waals surface area contributed by atoms with Crippen molar-refractivity contribution in [3.8, 4) is 0 Å². The molecule has 3 nitrogen and oxygen atoms in total. The second-order valence-corrected chi connectivity index (χ2v) is 1.08. The van der Waals surface area contributed by atoms with Crippen LogP contribution in [0, 0.1) is 6.33 Å². The van der Waals surface area contributed by atoms with E-state index in [-0.39, 0.29) is 0 Å². The molecular formula is C2HClN3. The second-order valence-electron chi connectivity index (χ2n) is 0.733. The van der Waals surface area contributed by atoms with Crippen LogP contribution in [0.1, 0.15) is 0 Å². The molecule has 4 heteroatoms. The van der Waals surface area contributed by atoms with E-state index in [0.717, 1.165) is 4.20 Å². The van der Waals surface area contributed by atoms with Gasteiger partial charge < -0.3 is 0 Å². The molecule has 0 atom stereocenters. The fraction of sp³-hybridized carbons (Fsp3) is 0. The maximum atomic E-state index is 5.17. The molecule has 31 valence electrons. The highest BCUT2D eigenvalue weighted by atomic mass is 35.5. The highest BCUT2D eigenvalue weighted by molar-refractivity contribution is 6.14. The van der Waals surface area contributed by atoms with Crippen molar-refractivity contribution in [1.82, 2.24) is 14.3 Å². The minimum Gasteiger partial charge on any atom is -0.211 e. The zero-order valence-electron chi connectivity index (χ0n) is 2.80. The van der Waals surface area contributed by atoms with Gasteiger partial charge >= 0.3 is 0 Å². The van der Waals surface area contributed by atoms with Crippen molar-refractivity contribution in [1.29, 1.82) is 0 Å². The summed E-state index contributed by atoms with van der Waals surface area (Å²) in [5.74, 6) is 0. The third kappa shape index (κ3) is 0.490. The number of rotatable bonds is 0. The number of aromatic nitrogens is 3. The van der Waals surface area contributed by atoms with Gasteiger partial charge in [-0.25, -0.2) is 4.98 Å². The number of hydrogen-bond acceptors (Lipinski definition) is 2. The first-order chi connectivity index (χ1) is 2.89. The van der Waals surface area contributed by atoms with Crippen molar-refractivity contribution < 1.29 is 0 Å². The molecule has 0 amide bonds. The molecule has 0 spiro atoms. The average Bonchev–Trinajstić information content (AvgIpc) is 1.86. The molecule has 0 fully saturated rings. The van der Waals surface area contributed by atoms with Crippen LogP contribution in [0.2, 0.25) is 0 Å². The summed E-state index contributed by atoms with van der Waals surface area (Å²) in [6.45, 7) is 0. The molecular weight excluding hydrogens is 101 g/mol. The van der Waals surface area contributed by atoms with E-state index in [1.807, 2.05) is 0 Å². The van der Waals surface area contributed by atoms with E-state index in [1.165, 1.54) is 6.33 Å². The normalized spacial score (nSPS) is 8.83. The van der Waals surface area contributed by atoms with Crippen LogP contribution < -0.4 is 0 Å². The summed E-state index contributed by atoms with van der Waals surface area (Å²) in [4.78, 5) is 3.42. The summed E-state index contributed by atoms with van der Waals surface area (Å²) in [6.07, 6.45) is 3.61. The number of halogens is 1. The fourth-order valence-electron chi connectivity index (χ4n) is 0.168. The summed E-state index contributed by atoms with van der Waals surface area (Å²) in [5.41, 5.74) is 0. The lowest BCUT2D eigenvalue weighted by atomic mass is 11.3. The Hall–Kier alpha value is -0.570. The zero-order chi connectivity index (χ0) is 4.41. The van der Waals surface area contributed by atoms with Gasteiger partial charge in [0, 0.05) is 11.8 Å². The fourth-order valence-corrected chi connectivity index (χ4v) is 0.245. The Morgan fingerprint density at radius 2 is 2.67 bits per heavy atom. The van der Waals surface area contributed by atoms with Crippen molar-refractivity contribution in [3.63, 3.8) is 0 Å². The largest absolute Gasteiger partial charge is 0.222 e. The molecule has 1 heterocycles. The molecule has 0 aliphatic carbocycles. The van der Waals surface area contributed by atoms with Gasteiger partial charge in [-0.1, -0.05) is 0 Å². The smallest absolute Gasteiger partial charge is 0.211 e. The van der Waals surface area contributed by atoms with Crippen LogP contribution in [0.25, 0.3) is 0 Å². The third-order valence-electron chi connectivity index (χ3n) is 0.351. The van der Waals surface area contributed by atoms with Crippen LogP contribution in [0.15, 0.2) is 6.33 Å². The summed E-state index contributed by atoms with van der Waals surface area (Å²) in [6, 6.07) is 0. The molecule has 0 saturated heterocycles. The monoisotopic (exact) mass is 102 g/mol. The summed E-state index contributed by atoms with van der Waals surface area (Å²) in [7, 11) is 0. The van der Waals surface area contributed by atoms with Gasteiger partial charge in [-0.05, 0) is 0 Å². The lowest BCUT2D eigenvalue weighted by Crippen LogP contribution is -1.73. The van der Waals surface area contributed by atoms with Crippen molar-refractivity contribution in [2.45, 2.75) is 0 Å². The number of nitrogens with zero attached hydrogens (tertiary/aromatic N) is 3. The molecule has 0 aliphatic rings. The van der Waals surface area contributed by atoms with Gasteiger partial charge in [-0.15, -0.1) is 5.10 Å². The van der Waals surface area contributed by atoms with Crippen LogP contribution >= 0.6 is 11.8 Å². The maximum Gasteiger partial charge on any atom is 0.222 e. The minimum atomic E-state index is 1.06. The predicted molar refractivity (Wildman–Crippen MR) is 20.1 cm³/mol. The Balaban J connectivity index is 3.05. The van der Waals surface area contributed by atoms with Gasteiger partial charge in [0.2, 0.25) is 6.33 Å². The first-order valence-corrected chi connectivity index (χ1v) is 1.67. The minimum absolute atomic E-state index is 1.06. The molecule has 0 aromatic carbocycles. The van der Waals surface area contributed by atoms with Crippen LogP contribution in [0.3, 0.4) is 0 Å². The van der Waals surface area contributed by atoms with E-state index in [2.05, 4.69) is 16.4 Å². The average molecular weight is 103 g/mol. The van der Waals surface area contributed by atoms with E-state index in [9.17, 15) is 0 Å². The first-order valence-electron chi connectivity index (χ1n) is 1.33. The van der Waals surface area contributed by atoms with Gasteiger partial charge in [-0.3, -0.25) is 0 Å². The van der Waals surface area contributed by atoms with Crippen molar-refractivity contribution in [2.75, 3.05) is 0 Å². The second kappa shape index (κ2) is 1.26.